The maximum atomic E-state index is 13.4. The van der Waals surface area contributed by atoms with Crippen LogP contribution in [0.5, 0.6) is 0 Å². The number of hydrogen-bond acceptors (Lipinski definition) is 3. The Balaban J connectivity index is 2.60. The van der Waals surface area contributed by atoms with Gasteiger partial charge in [-0.2, -0.15) is 0 Å². The third kappa shape index (κ3) is 3.03. The van der Waals surface area contributed by atoms with Gasteiger partial charge in [0.15, 0.2) is 9.84 Å². The summed E-state index contributed by atoms with van der Waals surface area (Å²) in [7, 11) is -3.38. The molecule has 0 atom stereocenters. The smallest absolute Gasteiger partial charge is 0.335 e. The molecule has 20 heavy (non-hydrogen) atoms. The molecule has 0 saturated heterocycles. The van der Waals surface area contributed by atoms with Crippen molar-refractivity contribution in [2.45, 2.75) is 4.90 Å². The summed E-state index contributed by atoms with van der Waals surface area (Å²) in [6, 6.07) is 9.30. The minimum absolute atomic E-state index is 0.0936. The van der Waals surface area contributed by atoms with Crippen LogP contribution < -0.4 is 0 Å². The summed E-state index contributed by atoms with van der Waals surface area (Å²) < 4.78 is 36.4. The minimum atomic E-state index is -3.38. The SMILES string of the molecule is CS(=O)(=O)c1cccc(-c2cc(F)cc(C(=O)O)c2)c1. The van der Waals surface area contributed by atoms with E-state index in [0.29, 0.717) is 11.1 Å². The highest BCUT2D eigenvalue weighted by molar-refractivity contribution is 7.90. The topological polar surface area (TPSA) is 71.4 Å². The van der Waals surface area contributed by atoms with Gasteiger partial charge in [0.05, 0.1) is 10.5 Å². The lowest BCUT2D eigenvalue weighted by Crippen LogP contribution is -1.99. The van der Waals surface area contributed by atoms with Crippen LogP contribution in [-0.4, -0.2) is 25.7 Å². The Morgan fingerprint density at radius 3 is 2.40 bits per heavy atom. The predicted molar refractivity (Wildman–Crippen MR) is 71.9 cm³/mol. The van der Waals surface area contributed by atoms with Crippen LogP contribution in [0, 0.1) is 5.82 Å². The van der Waals surface area contributed by atoms with Crippen LogP contribution in [0.4, 0.5) is 4.39 Å². The Labute approximate surface area is 115 Å². The van der Waals surface area contributed by atoms with Crippen LogP contribution in [-0.2, 0) is 9.84 Å². The van der Waals surface area contributed by atoms with Gasteiger partial charge in [-0.15, -0.1) is 0 Å². The van der Waals surface area contributed by atoms with Crippen molar-refractivity contribution < 1.29 is 22.7 Å². The molecule has 1 N–H and O–H groups in total. The van der Waals surface area contributed by atoms with E-state index >= 15 is 0 Å². The van der Waals surface area contributed by atoms with Gasteiger partial charge in [-0.3, -0.25) is 0 Å². The van der Waals surface area contributed by atoms with Gasteiger partial charge in [-0.25, -0.2) is 17.6 Å². The highest BCUT2D eigenvalue weighted by atomic mass is 32.2. The van der Waals surface area contributed by atoms with Gasteiger partial charge in [0.2, 0.25) is 0 Å². The van der Waals surface area contributed by atoms with E-state index in [0.717, 1.165) is 18.4 Å². The second kappa shape index (κ2) is 5.05. The molecule has 2 rings (SSSR count). The van der Waals surface area contributed by atoms with Crippen LogP contribution in [0.2, 0.25) is 0 Å². The molecule has 0 aliphatic rings. The first-order valence-electron chi connectivity index (χ1n) is 5.62. The van der Waals surface area contributed by atoms with Crippen LogP contribution >= 0.6 is 0 Å². The number of carboxylic acid groups (broad SMARTS) is 1. The zero-order chi connectivity index (χ0) is 14.9. The predicted octanol–water partition coefficient (Wildman–Crippen LogP) is 2.59. The summed E-state index contributed by atoms with van der Waals surface area (Å²) in [5.41, 5.74) is 0.563. The molecule has 104 valence electrons. The average Bonchev–Trinajstić information content (AvgIpc) is 2.37. The van der Waals surface area contributed by atoms with E-state index in [4.69, 9.17) is 5.11 Å². The van der Waals surface area contributed by atoms with E-state index in [9.17, 15) is 17.6 Å². The largest absolute Gasteiger partial charge is 0.478 e. The first-order valence-corrected chi connectivity index (χ1v) is 7.51. The van der Waals surface area contributed by atoms with Gasteiger partial charge >= 0.3 is 5.97 Å². The van der Waals surface area contributed by atoms with Crippen LogP contribution in [0.15, 0.2) is 47.4 Å². The highest BCUT2D eigenvalue weighted by Crippen LogP contribution is 2.24. The Kier molecular flexibility index (Phi) is 3.59. The first kappa shape index (κ1) is 14.2. The monoisotopic (exact) mass is 294 g/mol. The summed E-state index contributed by atoms with van der Waals surface area (Å²) >= 11 is 0. The molecule has 6 heteroatoms. The molecule has 0 amide bonds. The molecular weight excluding hydrogens is 283 g/mol. The maximum absolute atomic E-state index is 13.4. The van der Waals surface area contributed by atoms with Crippen molar-refractivity contribution in [3.63, 3.8) is 0 Å². The Morgan fingerprint density at radius 2 is 1.80 bits per heavy atom. The normalized spacial score (nSPS) is 11.3. The molecule has 0 spiro atoms. The highest BCUT2D eigenvalue weighted by Gasteiger charge is 2.11. The summed E-state index contributed by atoms with van der Waals surface area (Å²) in [6.07, 6.45) is 1.07. The fraction of sp³-hybridized carbons (Fsp3) is 0.0714. The molecule has 0 aliphatic carbocycles. The quantitative estimate of drug-likeness (QED) is 0.944. The van der Waals surface area contributed by atoms with E-state index in [1.807, 2.05) is 0 Å². The molecule has 0 bridgehead atoms. The number of halogens is 1. The van der Waals surface area contributed by atoms with Gasteiger partial charge in [0, 0.05) is 6.26 Å². The Bertz CT molecular complexity index is 782. The molecule has 4 nitrogen and oxygen atoms in total. The van der Waals surface area contributed by atoms with Gasteiger partial charge in [0.25, 0.3) is 0 Å². The number of carbonyl (C=O) groups is 1. The number of benzene rings is 2. The Morgan fingerprint density at radius 1 is 1.10 bits per heavy atom. The number of sulfone groups is 1. The van der Waals surface area contributed by atoms with E-state index in [2.05, 4.69) is 0 Å². The van der Waals surface area contributed by atoms with E-state index < -0.39 is 21.6 Å². The lowest BCUT2D eigenvalue weighted by molar-refractivity contribution is 0.0696. The second-order valence-corrected chi connectivity index (χ2v) is 6.35. The maximum Gasteiger partial charge on any atom is 0.335 e. The van der Waals surface area contributed by atoms with Crippen LogP contribution in [0.25, 0.3) is 11.1 Å². The lowest BCUT2D eigenvalue weighted by Gasteiger charge is -2.06. The van der Waals surface area contributed by atoms with E-state index in [-0.39, 0.29) is 10.5 Å². The number of carboxylic acids is 1. The summed E-state index contributed by atoms with van der Waals surface area (Å²) in [4.78, 5) is 11.0. The number of aromatic carboxylic acids is 1. The molecular formula is C14H11FO4S. The standard InChI is InChI=1S/C14H11FO4S/c1-20(18,19)13-4-2-3-9(8-13)10-5-11(14(16)17)7-12(15)6-10/h2-8H,1H3,(H,16,17). The molecule has 0 aliphatic heterocycles. The Hall–Kier alpha value is -2.21. The van der Waals surface area contributed by atoms with Gasteiger partial charge in [-0.05, 0) is 41.5 Å². The molecule has 0 fully saturated rings. The van der Waals surface area contributed by atoms with Crippen molar-refractivity contribution in [3.8, 4) is 11.1 Å². The van der Waals surface area contributed by atoms with Crippen molar-refractivity contribution in [2.24, 2.45) is 0 Å². The molecule has 0 unspecified atom stereocenters. The molecule has 2 aromatic carbocycles. The summed E-state index contributed by atoms with van der Waals surface area (Å²) in [5, 5.41) is 8.90. The first-order chi connectivity index (χ1) is 9.27. The average molecular weight is 294 g/mol. The van der Waals surface area contributed by atoms with Gasteiger partial charge in [-0.1, -0.05) is 12.1 Å². The van der Waals surface area contributed by atoms with Crippen molar-refractivity contribution in [3.05, 3.63) is 53.8 Å². The minimum Gasteiger partial charge on any atom is -0.478 e. The van der Waals surface area contributed by atoms with Crippen molar-refractivity contribution in [1.29, 1.82) is 0 Å². The second-order valence-electron chi connectivity index (χ2n) is 4.33. The fourth-order valence-corrected chi connectivity index (χ4v) is 2.45. The van der Waals surface area contributed by atoms with Gasteiger partial charge < -0.3 is 5.11 Å². The zero-order valence-electron chi connectivity index (χ0n) is 10.5. The van der Waals surface area contributed by atoms with E-state index in [1.165, 1.54) is 24.3 Å². The van der Waals surface area contributed by atoms with Crippen molar-refractivity contribution in [1.82, 2.24) is 0 Å². The molecule has 0 heterocycles. The van der Waals surface area contributed by atoms with Crippen molar-refractivity contribution in [2.75, 3.05) is 6.26 Å². The number of hydrogen-bond donors (Lipinski definition) is 1. The summed E-state index contributed by atoms with van der Waals surface area (Å²) in [5.74, 6) is -1.94. The fourth-order valence-electron chi connectivity index (χ4n) is 1.79. The lowest BCUT2D eigenvalue weighted by atomic mass is 10.0. The summed E-state index contributed by atoms with van der Waals surface area (Å²) in [6.45, 7) is 0. The number of rotatable bonds is 3. The molecule has 0 saturated carbocycles. The van der Waals surface area contributed by atoms with Crippen molar-refractivity contribution >= 4 is 15.8 Å². The third-order valence-corrected chi connectivity index (χ3v) is 3.85. The molecule has 0 aromatic heterocycles. The van der Waals surface area contributed by atoms with Crippen LogP contribution in [0.3, 0.4) is 0 Å². The van der Waals surface area contributed by atoms with Crippen LogP contribution in [0.1, 0.15) is 10.4 Å². The molecule has 0 radical (unpaired) electrons. The molecule has 2 aromatic rings. The third-order valence-electron chi connectivity index (χ3n) is 2.74. The zero-order valence-corrected chi connectivity index (χ0v) is 11.3. The van der Waals surface area contributed by atoms with Gasteiger partial charge in [0.1, 0.15) is 5.82 Å². The van der Waals surface area contributed by atoms with E-state index in [1.54, 1.807) is 6.07 Å².